The second-order valence-electron chi connectivity index (χ2n) is 6.74. The van der Waals surface area contributed by atoms with E-state index in [2.05, 4.69) is 0 Å². The second kappa shape index (κ2) is 5.28. The number of rotatable bonds is 3. The van der Waals surface area contributed by atoms with Crippen molar-refractivity contribution >= 4 is 0 Å². The molecule has 1 aliphatic carbocycles. The van der Waals surface area contributed by atoms with Gasteiger partial charge in [-0.2, -0.15) is 0 Å². The Morgan fingerprint density at radius 1 is 1.30 bits per heavy atom. The first-order chi connectivity index (χ1) is 9.53. The third kappa shape index (κ3) is 2.93. The molecule has 0 bridgehead atoms. The van der Waals surface area contributed by atoms with E-state index >= 15 is 0 Å². The quantitative estimate of drug-likeness (QED) is 0.911. The maximum atomic E-state index is 10.2. The van der Waals surface area contributed by atoms with Crippen LogP contribution >= 0.6 is 0 Å². The van der Waals surface area contributed by atoms with Crippen molar-refractivity contribution in [3.8, 4) is 11.5 Å². The first-order valence-corrected chi connectivity index (χ1v) is 7.67. The SMILES string of the molecule is CC1(C)CC(O)c2ccc(OCC3CCCC3)cc2O1. The first-order valence-electron chi connectivity index (χ1n) is 7.67. The fourth-order valence-electron chi connectivity index (χ4n) is 3.27. The highest BCUT2D eigenvalue weighted by Gasteiger charge is 2.32. The Kier molecular flexibility index (Phi) is 3.63. The van der Waals surface area contributed by atoms with Crippen molar-refractivity contribution in [1.82, 2.24) is 0 Å². The Balaban J connectivity index is 1.71. The molecule has 1 aliphatic heterocycles. The van der Waals surface area contributed by atoms with Gasteiger partial charge in [0.2, 0.25) is 0 Å². The van der Waals surface area contributed by atoms with Gasteiger partial charge in [-0.05, 0) is 44.7 Å². The van der Waals surface area contributed by atoms with Gasteiger partial charge in [0.25, 0.3) is 0 Å². The predicted octanol–water partition coefficient (Wildman–Crippen LogP) is 3.85. The highest BCUT2D eigenvalue weighted by molar-refractivity contribution is 5.43. The number of hydrogen-bond acceptors (Lipinski definition) is 3. The van der Waals surface area contributed by atoms with E-state index in [4.69, 9.17) is 9.47 Å². The molecule has 0 saturated heterocycles. The molecular weight excluding hydrogens is 252 g/mol. The van der Waals surface area contributed by atoms with E-state index in [0.717, 1.165) is 23.7 Å². The minimum atomic E-state index is -0.447. The third-order valence-electron chi connectivity index (χ3n) is 4.38. The fraction of sp³-hybridized carbons (Fsp3) is 0.647. The molecule has 3 rings (SSSR count). The fourth-order valence-corrected chi connectivity index (χ4v) is 3.27. The highest BCUT2D eigenvalue weighted by Crippen LogP contribution is 2.41. The second-order valence-corrected chi connectivity index (χ2v) is 6.74. The summed E-state index contributed by atoms with van der Waals surface area (Å²) in [6, 6.07) is 5.80. The number of fused-ring (bicyclic) bond motifs is 1. The Labute approximate surface area is 120 Å². The molecule has 1 fully saturated rings. The lowest BCUT2D eigenvalue weighted by Crippen LogP contribution is -2.34. The standard InChI is InChI=1S/C17H24O3/c1-17(2)10-15(18)14-8-7-13(9-16(14)20-17)19-11-12-5-3-4-6-12/h7-9,12,15,18H,3-6,10-11H2,1-2H3. The summed E-state index contributed by atoms with van der Waals surface area (Å²) in [4.78, 5) is 0. The Hall–Kier alpha value is -1.22. The van der Waals surface area contributed by atoms with Crippen LogP contribution in [0.3, 0.4) is 0 Å². The summed E-state index contributed by atoms with van der Waals surface area (Å²) in [5.41, 5.74) is 0.550. The summed E-state index contributed by atoms with van der Waals surface area (Å²) >= 11 is 0. The van der Waals surface area contributed by atoms with E-state index in [-0.39, 0.29) is 5.60 Å². The molecule has 2 aliphatic rings. The van der Waals surface area contributed by atoms with Crippen LogP contribution in [0, 0.1) is 5.92 Å². The summed E-state index contributed by atoms with van der Waals surface area (Å²) in [7, 11) is 0. The molecule has 0 amide bonds. The van der Waals surface area contributed by atoms with E-state index in [1.54, 1.807) is 0 Å². The highest BCUT2D eigenvalue weighted by atomic mass is 16.5. The van der Waals surface area contributed by atoms with Crippen molar-refractivity contribution < 1.29 is 14.6 Å². The lowest BCUT2D eigenvalue weighted by atomic mass is 9.92. The smallest absolute Gasteiger partial charge is 0.129 e. The van der Waals surface area contributed by atoms with Gasteiger partial charge in [0, 0.05) is 18.1 Å². The van der Waals surface area contributed by atoms with Crippen LogP contribution in [0.15, 0.2) is 18.2 Å². The zero-order valence-electron chi connectivity index (χ0n) is 12.4. The minimum Gasteiger partial charge on any atom is -0.493 e. The van der Waals surface area contributed by atoms with Gasteiger partial charge in [0.05, 0.1) is 12.7 Å². The van der Waals surface area contributed by atoms with Gasteiger partial charge in [-0.1, -0.05) is 12.8 Å². The van der Waals surface area contributed by atoms with Crippen LogP contribution in [-0.4, -0.2) is 17.3 Å². The van der Waals surface area contributed by atoms with Gasteiger partial charge < -0.3 is 14.6 Å². The van der Waals surface area contributed by atoms with Crippen molar-refractivity contribution in [2.45, 2.75) is 57.7 Å². The molecule has 3 heteroatoms. The van der Waals surface area contributed by atoms with Gasteiger partial charge in [-0.15, -0.1) is 0 Å². The van der Waals surface area contributed by atoms with E-state index in [0.29, 0.717) is 12.3 Å². The largest absolute Gasteiger partial charge is 0.493 e. The molecular formula is C17H24O3. The van der Waals surface area contributed by atoms with Crippen LogP contribution in [-0.2, 0) is 0 Å². The van der Waals surface area contributed by atoms with E-state index < -0.39 is 6.10 Å². The van der Waals surface area contributed by atoms with Gasteiger partial charge in [0.1, 0.15) is 17.1 Å². The average Bonchev–Trinajstić information content (AvgIpc) is 2.87. The van der Waals surface area contributed by atoms with Gasteiger partial charge in [-0.25, -0.2) is 0 Å². The molecule has 1 aromatic rings. The molecule has 3 nitrogen and oxygen atoms in total. The van der Waals surface area contributed by atoms with Crippen LogP contribution < -0.4 is 9.47 Å². The lowest BCUT2D eigenvalue weighted by Gasteiger charge is -2.35. The van der Waals surface area contributed by atoms with Gasteiger partial charge in [-0.3, -0.25) is 0 Å². The summed E-state index contributed by atoms with van der Waals surface area (Å²) in [6.07, 6.45) is 5.42. The van der Waals surface area contributed by atoms with Crippen LogP contribution in [0.1, 0.15) is 57.6 Å². The normalized spacial score (nSPS) is 25.1. The van der Waals surface area contributed by atoms with Crippen molar-refractivity contribution in [3.63, 3.8) is 0 Å². The van der Waals surface area contributed by atoms with Crippen molar-refractivity contribution in [2.75, 3.05) is 6.61 Å². The topological polar surface area (TPSA) is 38.7 Å². The summed E-state index contributed by atoms with van der Waals surface area (Å²) < 4.78 is 11.9. The average molecular weight is 276 g/mol. The van der Waals surface area contributed by atoms with E-state index in [9.17, 15) is 5.11 Å². The molecule has 1 atom stereocenters. The molecule has 0 aromatic heterocycles. The van der Waals surface area contributed by atoms with Crippen molar-refractivity contribution in [1.29, 1.82) is 0 Å². The molecule has 1 saturated carbocycles. The zero-order chi connectivity index (χ0) is 14.2. The Morgan fingerprint density at radius 3 is 2.80 bits per heavy atom. The molecule has 20 heavy (non-hydrogen) atoms. The summed E-state index contributed by atoms with van der Waals surface area (Å²) in [6.45, 7) is 4.81. The zero-order valence-corrected chi connectivity index (χ0v) is 12.4. The van der Waals surface area contributed by atoms with E-state index in [1.807, 2.05) is 32.0 Å². The summed E-state index contributed by atoms with van der Waals surface area (Å²) in [5, 5.41) is 10.2. The molecule has 1 heterocycles. The maximum Gasteiger partial charge on any atom is 0.129 e. The van der Waals surface area contributed by atoms with Gasteiger partial charge >= 0.3 is 0 Å². The van der Waals surface area contributed by atoms with Crippen LogP contribution in [0.2, 0.25) is 0 Å². The van der Waals surface area contributed by atoms with E-state index in [1.165, 1.54) is 25.7 Å². The number of ether oxygens (including phenoxy) is 2. The molecule has 1 aromatic carbocycles. The Bertz CT molecular complexity index is 475. The number of hydrogen-bond donors (Lipinski definition) is 1. The molecule has 0 spiro atoms. The minimum absolute atomic E-state index is 0.323. The van der Waals surface area contributed by atoms with Crippen molar-refractivity contribution in [3.05, 3.63) is 23.8 Å². The monoisotopic (exact) mass is 276 g/mol. The molecule has 1 unspecified atom stereocenters. The number of aliphatic hydroxyl groups excluding tert-OH is 1. The summed E-state index contributed by atoms with van der Waals surface area (Å²) in [5.74, 6) is 2.31. The predicted molar refractivity (Wildman–Crippen MR) is 78.2 cm³/mol. The van der Waals surface area contributed by atoms with Crippen LogP contribution in [0.4, 0.5) is 0 Å². The molecule has 0 radical (unpaired) electrons. The molecule has 110 valence electrons. The first kappa shape index (κ1) is 13.7. The third-order valence-corrected chi connectivity index (χ3v) is 4.38. The Morgan fingerprint density at radius 2 is 2.05 bits per heavy atom. The maximum absolute atomic E-state index is 10.2. The van der Waals surface area contributed by atoms with Crippen LogP contribution in [0.5, 0.6) is 11.5 Å². The van der Waals surface area contributed by atoms with Gasteiger partial charge in [0.15, 0.2) is 0 Å². The van der Waals surface area contributed by atoms with Crippen molar-refractivity contribution in [2.24, 2.45) is 5.92 Å². The number of benzene rings is 1. The molecule has 1 N–H and O–H groups in total. The van der Waals surface area contributed by atoms with Crippen LogP contribution in [0.25, 0.3) is 0 Å². The lowest BCUT2D eigenvalue weighted by molar-refractivity contribution is 0.0113. The number of aliphatic hydroxyl groups is 1.